The van der Waals surface area contributed by atoms with Gasteiger partial charge in [0.25, 0.3) is 11.7 Å². The first-order chi connectivity index (χ1) is 14.7. The summed E-state index contributed by atoms with van der Waals surface area (Å²) < 4.78 is 19.4. The van der Waals surface area contributed by atoms with Crippen LogP contribution in [-0.2, 0) is 9.59 Å². The van der Waals surface area contributed by atoms with E-state index in [9.17, 15) is 19.1 Å². The van der Waals surface area contributed by atoms with Gasteiger partial charge in [0.15, 0.2) is 0 Å². The fourth-order valence-corrected chi connectivity index (χ4v) is 3.75. The Morgan fingerprint density at radius 2 is 1.97 bits per heavy atom. The molecule has 1 atom stereocenters. The number of aliphatic hydroxyl groups is 1. The lowest BCUT2D eigenvalue weighted by Gasteiger charge is -2.26. The number of likely N-dealkylation sites (N-methyl/N-ethyl adjacent to an activating group) is 1. The summed E-state index contributed by atoms with van der Waals surface area (Å²) in [6, 6.07) is 9.37. The number of hydrogen-bond donors (Lipinski definition) is 1. The first-order valence-corrected chi connectivity index (χ1v) is 10.2. The van der Waals surface area contributed by atoms with E-state index in [1.165, 1.54) is 29.2 Å². The van der Waals surface area contributed by atoms with Crippen LogP contribution in [-0.4, -0.2) is 60.4 Å². The van der Waals surface area contributed by atoms with Crippen molar-refractivity contribution in [1.82, 2.24) is 9.80 Å². The first-order valence-electron chi connectivity index (χ1n) is 9.86. The number of ketones is 1. The maximum Gasteiger partial charge on any atom is 0.295 e. The van der Waals surface area contributed by atoms with Crippen molar-refractivity contribution in [2.75, 3.05) is 33.8 Å². The average Bonchev–Trinajstić information content (AvgIpc) is 2.98. The van der Waals surface area contributed by atoms with Gasteiger partial charge in [-0.15, -0.1) is 0 Å². The smallest absolute Gasteiger partial charge is 0.295 e. The summed E-state index contributed by atoms with van der Waals surface area (Å²) in [5, 5.41) is 11.3. The summed E-state index contributed by atoms with van der Waals surface area (Å²) in [4.78, 5) is 29.0. The Morgan fingerprint density at radius 1 is 1.23 bits per heavy atom. The zero-order chi connectivity index (χ0) is 22.7. The normalized spacial score (nSPS) is 18.1. The number of carbonyl (C=O) groups excluding carboxylic acids is 2. The highest BCUT2D eigenvalue weighted by molar-refractivity contribution is 6.46. The number of aliphatic hydroxyl groups excluding tert-OH is 1. The van der Waals surface area contributed by atoms with Crippen LogP contribution in [0.3, 0.4) is 0 Å². The summed E-state index contributed by atoms with van der Waals surface area (Å²) in [5.41, 5.74) is 0.562. The van der Waals surface area contributed by atoms with Crippen LogP contribution in [0.4, 0.5) is 4.39 Å². The van der Waals surface area contributed by atoms with Crippen molar-refractivity contribution >= 4 is 29.1 Å². The third-order valence-electron chi connectivity index (χ3n) is 5.00. The molecule has 1 N–H and O–H groups in total. The molecule has 2 aromatic rings. The molecular weight excluding hydrogens is 423 g/mol. The number of ether oxygens (including phenoxy) is 1. The van der Waals surface area contributed by atoms with Crippen LogP contribution in [0.25, 0.3) is 5.76 Å². The van der Waals surface area contributed by atoms with Gasteiger partial charge in [-0.2, -0.15) is 0 Å². The van der Waals surface area contributed by atoms with E-state index in [2.05, 4.69) is 0 Å². The van der Waals surface area contributed by atoms with E-state index >= 15 is 0 Å². The molecule has 1 aliphatic rings. The molecule has 164 valence electrons. The predicted octanol–water partition coefficient (Wildman–Crippen LogP) is 3.86. The Hall–Kier alpha value is -2.90. The fourth-order valence-electron chi connectivity index (χ4n) is 3.52. The van der Waals surface area contributed by atoms with Crippen LogP contribution in [0.15, 0.2) is 48.0 Å². The largest absolute Gasteiger partial charge is 0.507 e. The van der Waals surface area contributed by atoms with Crippen molar-refractivity contribution in [2.24, 2.45) is 0 Å². The maximum absolute atomic E-state index is 14.0. The standard InChI is InChI=1S/C23H24ClFN2O4/c1-4-31-18-9-8-15(13-17(18)24)21(28)19-20(14-6-5-7-16(25)12-14)27(11-10-26(2)3)23(30)22(19)29/h5-9,12-13,20,28H,4,10-11H2,1-3H3/b21-19+. The molecule has 1 fully saturated rings. The third kappa shape index (κ3) is 4.73. The summed E-state index contributed by atoms with van der Waals surface area (Å²) in [6.07, 6.45) is 0. The molecular formula is C23H24ClFN2O4. The molecule has 0 radical (unpaired) electrons. The van der Waals surface area contributed by atoms with Gasteiger partial charge in [-0.25, -0.2) is 4.39 Å². The van der Waals surface area contributed by atoms with Crippen LogP contribution in [0.2, 0.25) is 5.02 Å². The molecule has 1 aliphatic heterocycles. The van der Waals surface area contributed by atoms with Crippen molar-refractivity contribution in [3.8, 4) is 5.75 Å². The van der Waals surface area contributed by atoms with E-state index in [0.717, 1.165) is 0 Å². The summed E-state index contributed by atoms with van der Waals surface area (Å²) in [5.74, 6) is -2.00. The van der Waals surface area contributed by atoms with Crippen molar-refractivity contribution in [2.45, 2.75) is 13.0 Å². The molecule has 0 aliphatic carbocycles. The van der Waals surface area contributed by atoms with Gasteiger partial charge in [0, 0.05) is 18.7 Å². The van der Waals surface area contributed by atoms with Gasteiger partial charge in [0.05, 0.1) is 23.2 Å². The Morgan fingerprint density at radius 3 is 2.58 bits per heavy atom. The molecule has 0 spiro atoms. The highest BCUT2D eigenvalue weighted by Gasteiger charge is 2.46. The number of halogens is 2. The molecule has 0 saturated carbocycles. The molecule has 31 heavy (non-hydrogen) atoms. The average molecular weight is 447 g/mol. The molecule has 1 saturated heterocycles. The molecule has 8 heteroatoms. The minimum atomic E-state index is -0.916. The van der Waals surface area contributed by atoms with E-state index in [4.69, 9.17) is 16.3 Å². The number of amides is 1. The fraction of sp³-hybridized carbons (Fsp3) is 0.304. The number of carbonyl (C=O) groups is 2. The number of hydrogen-bond acceptors (Lipinski definition) is 5. The van der Waals surface area contributed by atoms with Crippen LogP contribution < -0.4 is 4.74 Å². The van der Waals surface area contributed by atoms with Crippen molar-refractivity contribution in [3.63, 3.8) is 0 Å². The van der Waals surface area contributed by atoms with Crippen LogP contribution in [0, 0.1) is 5.82 Å². The highest BCUT2D eigenvalue weighted by Crippen LogP contribution is 2.40. The predicted molar refractivity (Wildman–Crippen MR) is 117 cm³/mol. The van der Waals surface area contributed by atoms with Gasteiger partial charge in [-0.05, 0) is 56.9 Å². The second-order valence-electron chi connectivity index (χ2n) is 7.43. The van der Waals surface area contributed by atoms with Crippen molar-refractivity contribution in [3.05, 3.63) is 70.0 Å². The number of benzene rings is 2. The Bertz CT molecular complexity index is 1040. The Balaban J connectivity index is 2.13. The molecule has 6 nitrogen and oxygen atoms in total. The van der Waals surface area contributed by atoms with Crippen molar-refractivity contribution in [1.29, 1.82) is 0 Å². The second kappa shape index (κ2) is 9.49. The zero-order valence-electron chi connectivity index (χ0n) is 17.6. The van der Waals surface area contributed by atoms with E-state index in [1.807, 2.05) is 25.9 Å². The molecule has 1 amide bonds. The maximum atomic E-state index is 14.0. The Kier molecular flexibility index (Phi) is 6.97. The minimum Gasteiger partial charge on any atom is -0.507 e. The summed E-state index contributed by atoms with van der Waals surface area (Å²) in [6.45, 7) is 2.97. The highest BCUT2D eigenvalue weighted by atomic mass is 35.5. The van der Waals surface area contributed by atoms with Crippen LogP contribution >= 0.6 is 11.6 Å². The molecule has 1 unspecified atom stereocenters. The minimum absolute atomic E-state index is 0.102. The third-order valence-corrected chi connectivity index (χ3v) is 5.29. The lowest BCUT2D eigenvalue weighted by atomic mass is 9.95. The lowest BCUT2D eigenvalue weighted by molar-refractivity contribution is -0.140. The van der Waals surface area contributed by atoms with Gasteiger partial charge < -0.3 is 19.6 Å². The molecule has 3 rings (SSSR count). The molecule has 2 aromatic carbocycles. The van der Waals surface area contributed by atoms with E-state index in [1.54, 1.807) is 18.2 Å². The zero-order valence-corrected chi connectivity index (χ0v) is 18.3. The van der Waals surface area contributed by atoms with Crippen molar-refractivity contribution < 1.29 is 23.8 Å². The van der Waals surface area contributed by atoms with Gasteiger partial charge in [-0.1, -0.05) is 23.7 Å². The van der Waals surface area contributed by atoms with Gasteiger partial charge in [-0.3, -0.25) is 9.59 Å². The number of likely N-dealkylation sites (tertiary alicyclic amines) is 1. The molecule has 1 heterocycles. The van der Waals surface area contributed by atoms with Crippen LogP contribution in [0.1, 0.15) is 24.1 Å². The number of rotatable bonds is 7. The Labute approximate surface area is 185 Å². The first kappa shape index (κ1) is 22.8. The van der Waals surface area contributed by atoms with E-state index < -0.39 is 23.5 Å². The molecule has 0 bridgehead atoms. The van der Waals surface area contributed by atoms with Gasteiger partial charge in [0.2, 0.25) is 0 Å². The monoisotopic (exact) mass is 446 g/mol. The lowest BCUT2D eigenvalue weighted by Crippen LogP contribution is -2.35. The van der Waals surface area contributed by atoms with E-state index in [0.29, 0.717) is 24.5 Å². The van der Waals surface area contributed by atoms with Crippen LogP contribution in [0.5, 0.6) is 5.75 Å². The topological polar surface area (TPSA) is 70.1 Å². The number of Topliss-reactive ketones (excluding diaryl/α,β-unsaturated/α-hetero) is 1. The van der Waals surface area contributed by atoms with E-state index in [-0.39, 0.29) is 28.5 Å². The molecule has 0 aromatic heterocycles. The van der Waals surface area contributed by atoms with Gasteiger partial charge >= 0.3 is 0 Å². The second-order valence-corrected chi connectivity index (χ2v) is 7.84. The van der Waals surface area contributed by atoms with Gasteiger partial charge in [0.1, 0.15) is 17.3 Å². The SMILES string of the molecule is CCOc1ccc(/C(O)=C2\C(=O)C(=O)N(CCN(C)C)C2c2cccc(F)c2)cc1Cl. The summed E-state index contributed by atoms with van der Waals surface area (Å²) >= 11 is 6.24. The summed E-state index contributed by atoms with van der Waals surface area (Å²) in [7, 11) is 3.69. The quantitative estimate of drug-likeness (QED) is 0.397. The number of nitrogens with zero attached hydrogens (tertiary/aromatic N) is 2.